The third kappa shape index (κ3) is 7.54. The minimum absolute atomic E-state index is 0. The lowest BCUT2D eigenvalue weighted by Crippen LogP contribution is -2.45. The average Bonchev–Trinajstić information content (AvgIpc) is 2.41. The molecular weight excluding hydrogens is 424 g/mol. The fourth-order valence-corrected chi connectivity index (χ4v) is 1.91. The zero-order valence-electron chi connectivity index (χ0n) is 12.7. The van der Waals surface area contributed by atoms with Gasteiger partial charge in [0.1, 0.15) is 0 Å². The van der Waals surface area contributed by atoms with Crippen LogP contribution in [0.5, 0.6) is 0 Å². The second-order valence-corrected chi connectivity index (χ2v) is 5.82. The van der Waals surface area contributed by atoms with E-state index in [4.69, 9.17) is 27.9 Å². The molecule has 1 aromatic rings. The summed E-state index contributed by atoms with van der Waals surface area (Å²) < 4.78 is 5.35. The highest BCUT2D eigenvalue weighted by atomic mass is 127. The number of nitrogens with one attached hydrogen (secondary N) is 2. The molecule has 0 aromatic heterocycles. The number of nitrogens with zero attached hydrogens (tertiary/aromatic N) is 1. The van der Waals surface area contributed by atoms with Gasteiger partial charge in [-0.25, -0.2) is 0 Å². The SMILES string of the molecule is CN=C(NCc1ccc(Cl)cc1Cl)NCC(C)(C)OC.I. The molecule has 0 saturated carbocycles. The fraction of sp³-hybridized carbons (Fsp3) is 0.500. The number of halogens is 3. The minimum Gasteiger partial charge on any atom is -0.377 e. The Morgan fingerprint density at radius 3 is 2.48 bits per heavy atom. The molecule has 0 spiro atoms. The quantitative estimate of drug-likeness (QED) is 0.412. The van der Waals surface area contributed by atoms with Crippen molar-refractivity contribution in [2.45, 2.75) is 26.0 Å². The van der Waals surface area contributed by atoms with Crippen LogP contribution in [-0.4, -0.2) is 32.3 Å². The number of aliphatic imine (C=N–C) groups is 1. The molecule has 120 valence electrons. The van der Waals surface area contributed by atoms with Crippen LogP contribution < -0.4 is 10.6 Å². The molecule has 0 aliphatic carbocycles. The molecule has 0 fully saturated rings. The molecule has 0 aliphatic heterocycles. The standard InChI is InChI=1S/C14H21Cl2N3O.HI/c1-14(2,20-4)9-19-13(17-3)18-8-10-5-6-11(15)7-12(10)16;/h5-7H,8-9H2,1-4H3,(H2,17,18,19);1H. The molecule has 7 heteroatoms. The number of hydrogen-bond donors (Lipinski definition) is 2. The average molecular weight is 446 g/mol. The summed E-state index contributed by atoms with van der Waals surface area (Å²) in [6.45, 7) is 5.23. The summed E-state index contributed by atoms with van der Waals surface area (Å²) in [7, 11) is 3.41. The van der Waals surface area contributed by atoms with Gasteiger partial charge in [-0.05, 0) is 31.5 Å². The lowest BCUT2D eigenvalue weighted by Gasteiger charge is -2.24. The van der Waals surface area contributed by atoms with Crippen molar-refractivity contribution in [3.8, 4) is 0 Å². The molecule has 2 N–H and O–H groups in total. The summed E-state index contributed by atoms with van der Waals surface area (Å²) in [6, 6.07) is 5.43. The molecule has 1 rings (SSSR count). The summed E-state index contributed by atoms with van der Waals surface area (Å²) in [4.78, 5) is 4.16. The van der Waals surface area contributed by atoms with Gasteiger partial charge in [-0.3, -0.25) is 4.99 Å². The second kappa shape index (κ2) is 9.71. The first kappa shape index (κ1) is 20.8. The van der Waals surface area contributed by atoms with Crippen LogP contribution in [0.2, 0.25) is 10.0 Å². The third-order valence-corrected chi connectivity index (χ3v) is 3.51. The Bertz CT molecular complexity index is 481. The maximum Gasteiger partial charge on any atom is 0.191 e. The Kier molecular flexibility index (Phi) is 9.60. The van der Waals surface area contributed by atoms with E-state index < -0.39 is 0 Å². The van der Waals surface area contributed by atoms with E-state index in [-0.39, 0.29) is 29.6 Å². The fourth-order valence-electron chi connectivity index (χ4n) is 1.43. The lowest BCUT2D eigenvalue weighted by molar-refractivity contribution is 0.0268. The van der Waals surface area contributed by atoms with Gasteiger partial charge in [0, 0.05) is 37.3 Å². The summed E-state index contributed by atoms with van der Waals surface area (Å²) in [5.41, 5.74) is 0.709. The number of methoxy groups -OCH3 is 1. The summed E-state index contributed by atoms with van der Waals surface area (Å²) in [5, 5.41) is 7.67. The Hall–Kier alpha value is -0.240. The second-order valence-electron chi connectivity index (χ2n) is 4.98. The van der Waals surface area contributed by atoms with Crippen molar-refractivity contribution >= 4 is 53.1 Å². The molecule has 0 atom stereocenters. The number of ether oxygens (including phenoxy) is 1. The van der Waals surface area contributed by atoms with Crippen LogP contribution in [-0.2, 0) is 11.3 Å². The number of benzene rings is 1. The summed E-state index contributed by atoms with van der Waals surface area (Å²) in [5.74, 6) is 0.696. The number of rotatable bonds is 5. The van der Waals surface area contributed by atoms with Crippen LogP contribution in [0.3, 0.4) is 0 Å². The van der Waals surface area contributed by atoms with E-state index >= 15 is 0 Å². The zero-order valence-corrected chi connectivity index (χ0v) is 16.5. The van der Waals surface area contributed by atoms with E-state index in [1.54, 1.807) is 20.2 Å². The van der Waals surface area contributed by atoms with Gasteiger partial charge < -0.3 is 15.4 Å². The van der Waals surface area contributed by atoms with Gasteiger partial charge in [0.25, 0.3) is 0 Å². The van der Waals surface area contributed by atoms with Gasteiger partial charge >= 0.3 is 0 Å². The predicted molar refractivity (Wildman–Crippen MR) is 101 cm³/mol. The summed E-state index contributed by atoms with van der Waals surface area (Å²) in [6.07, 6.45) is 0. The topological polar surface area (TPSA) is 45.7 Å². The van der Waals surface area contributed by atoms with Crippen LogP contribution in [0.25, 0.3) is 0 Å². The van der Waals surface area contributed by atoms with E-state index in [0.29, 0.717) is 29.1 Å². The van der Waals surface area contributed by atoms with Gasteiger partial charge in [-0.15, -0.1) is 24.0 Å². The Labute approximate surface area is 153 Å². The zero-order chi connectivity index (χ0) is 15.2. The molecule has 1 aromatic carbocycles. The van der Waals surface area contributed by atoms with E-state index in [2.05, 4.69) is 15.6 Å². The highest BCUT2D eigenvalue weighted by Crippen LogP contribution is 2.20. The summed E-state index contributed by atoms with van der Waals surface area (Å²) >= 11 is 12.0. The van der Waals surface area contributed by atoms with Gasteiger partial charge in [0.05, 0.1) is 5.60 Å². The molecule has 0 unspecified atom stereocenters. The van der Waals surface area contributed by atoms with Crippen molar-refractivity contribution in [2.24, 2.45) is 4.99 Å². The van der Waals surface area contributed by atoms with Gasteiger partial charge in [-0.2, -0.15) is 0 Å². The first-order chi connectivity index (χ1) is 9.38. The van der Waals surface area contributed by atoms with Crippen LogP contribution in [0.15, 0.2) is 23.2 Å². The van der Waals surface area contributed by atoms with Crippen LogP contribution in [0, 0.1) is 0 Å². The van der Waals surface area contributed by atoms with E-state index in [0.717, 1.165) is 5.56 Å². The monoisotopic (exact) mass is 445 g/mol. The first-order valence-corrected chi connectivity index (χ1v) is 7.07. The normalized spacial score (nSPS) is 11.8. The van der Waals surface area contributed by atoms with Crippen molar-refractivity contribution < 1.29 is 4.74 Å². The maximum atomic E-state index is 6.12. The Balaban J connectivity index is 0.00000400. The molecule has 0 amide bonds. The van der Waals surface area contributed by atoms with Crippen molar-refractivity contribution in [1.29, 1.82) is 0 Å². The largest absolute Gasteiger partial charge is 0.377 e. The smallest absolute Gasteiger partial charge is 0.191 e. The van der Waals surface area contributed by atoms with Crippen LogP contribution >= 0.6 is 47.2 Å². The predicted octanol–water partition coefficient (Wildman–Crippen LogP) is 3.70. The highest BCUT2D eigenvalue weighted by Gasteiger charge is 2.16. The Morgan fingerprint density at radius 1 is 1.29 bits per heavy atom. The van der Waals surface area contributed by atoms with Crippen LogP contribution in [0.4, 0.5) is 0 Å². The minimum atomic E-state index is -0.254. The van der Waals surface area contributed by atoms with Crippen molar-refractivity contribution in [2.75, 3.05) is 20.7 Å². The molecule has 0 bridgehead atoms. The van der Waals surface area contributed by atoms with Gasteiger partial charge in [0.2, 0.25) is 0 Å². The molecule has 0 aliphatic rings. The van der Waals surface area contributed by atoms with E-state index in [9.17, 15) is 0 Å². The first-order valence-electron chi connectivity index (χ1n) is 6.31. The van der Waals surface area contributed by atoms with E-state index in [1.165, 1.54) is 0 Å². The molecule has 4 nitrogen and oxygen atoms in total. The van der Waals surface area contributed by atoms with E-state index in [1.807, 2.05) is 26.0 Å². The van der Waals surface area contributed by atoms with Crippen molar-refractivity contribution in [1.82, 2.24) is 10.6 Å². The molecule has 0 radical (unpaired) electrons. The number of guanidine groups is 1. The van der Waals surface area contributed by atoms with Gasteiger partial charge in [-0.1, -0.05) is 29.3 Å². The maximum absolute atomic E-state index is 6.12. The third-order valence-electron chi connectivity index (χ3n) is 2.92. The number of hydrogen-bond acceptors (Lipinski definition) is 2. The van der Waals surface area contributed by atoms with Crippen molar-refractivity contribution in [3.63, 3.8) is 0 Å². The highest BCUT2D eigenvalue weighted by molar-refractivity contribution is 14.0. The van der Waals surface area contributed by atoms with Gasteiger partial charge in [0.15, 0.2) is 5.96 Å². The Morgan fingerprint density at radius 2 is 1.95 bits per heavy atom. The van der Waals surface area contributed by atoms with Crippen molar-refractivity contribution in [3.05, 3.63) is 33.8 Å². The van der Waals surface area contributed by atoms with Crippen LogP contribution in [0.1, 0.15) is 19.4 Å². The molecule has 21 heavy (non-hydrogen) atoms. The molecular formula is C14H22Cl2IN3O. The molecule has 0 saturated heterocycles. The molecule has 0 heterocycles. The lowest BCUT2D eigenvalue weighted by atomic mass is 10.1.